The van der Waals surface area contributed by atoms with Gasteiger partial charge in [0.2, 0.25) is 0 Å². The van der Waals surface area contributed by atoms with Gasteiger partial charge in [0.05, 0.1) is 0 Å². The molecule has 2 heterocycles. The highest BCUT2D eigenvalue weighted by Gasteiger charge is 2.15. The molecule has 0 radical (unpaired) electrons. The molecule has 4 aromatic rings. The number of pyridine rings is 1. The Labute approximate surface area is 187 Å². The summed E-state index contributed by atoms with van der Waals surface area (Å²) in [6.45, 7) is 2.00. The van der Waals surface area contributed by atoms with Gasteiger partial charge in [-0.25, -0.2) is 4.98 Å². The first-order valence-corrected chi connectivity index (χ1v) is 10.1. The van der Waals surface area contributed by atoms with Crippen molar-refractivity contribution in [3.63, 3.8) is 0 Å². The van der Waals surface area contributed by atoms with Gasteiger partial charge in [0.15, 0.2) is 11.7 Å². The molecule has 2 aromatic heterocycles. The fourth-order valence-corrected chi connectivity index (χ4v) is 2.98. The molecule has 7 nitrogen and oxygen atoms in total. The second kappa shape index (κ2) is 9.24. The first-order chi connectivity index (χ1) is 15.0. The van der Waals surface area contributed by atoms with Crippen LogP contribution < -0.4 is 14.8 Å². The maximum absolute atomic E-state index is 12.3. The Morgan fingerprint density at radius 1 is 1.10 bits per heavy atom. The van der Waals surface area contributed by atoms with Crippen molar-refractivity contribution in [3.05, 3.63) is 76.5 Å². The SMILES string of the molecule is C[C@@H](Oc1ccc(Oc2nc3ccc(Cl)cc3o2)cc1)C(=O)NCc1ccc(Cl)nc1. The Kier molecular flexibility index (Phi) is 6.25. The summed E-state index contributed by atoms with van der Waals surface area (Å²) >= 11 is 11.7. The lowest BCUT2D eigenvalue weighted by molar-refractivity contribution is -0.127. The summed E-state index contributed by atoms with van der Waals surface area (Å²) in [4.78, 5) is 20.5. The summed E-state index contributed by atoms with van der Waals surface area (Å²) in [6, 6.07) is 15.4. The van der Waals surface area contributed by atoms with Crippen LogP contribution >= 0.6 is 23.2 Å². The maximum atomic E-state index is 12.3. The van der Waals surface area contributed by atoms with Crippen LogP contribution in [-0.4, -0.2) is 22.0 Å². The number of benzene rings is 2. The van der Waals surface area contributed by atoms with Gasteiger partial charge in [-0.3, -0.25) is 4.79 Å². The fourth-order valence-electron chi connectivity index (χ4n) is 2.71. The van der Waals surface area contributed by atoms with Gasteiger partial charge in [-0.2, -0.15) is 4.98 Å². The lowest BCUT2D eigenvalue weighted by Crippen LogP contribution is -2.35. The molecule has 0 unspecified atom stereocenters. The average Bonchev–Trinajstić information content (AvgIpc) is 3.15. The van der Waals surface area contributed by atoms with E-state index in [1.165, 1.54) is 0 Å². The fraction of sp³-hybridized carbons (Fsp3) is 0.136. The molecule has 9 heteroatoms. The van der Waals surface area contributed by atoms with E-state index in [4.69, 9.17) is 37.1 Å². The van der Waals surface area contributed by atoms with Crippen LogP contribution in [0.4, 0.5) is 0 Å². The van der Waals surface area contributed by atoms with Crippen LogP contribution in [0.25, 0.3) is 11.1 Å². The molecule has 0 spiro atoms. The van der Waals surface area contributed by atoms with Crippen molar-refractivity contribution in [2.45, 2.75) is 19.6 Å². The summed E-state index contributed by atoms with van der Waals surface area (Å²) in [6.07, 6.45) is 1.03. The summed E-state index contributed by atoms with van der Waals surface area (Å²) in [5, 5.41) is 3.76. The zero-order valence-electron chi connectivity index (χ0n) is 16.3. The molecule has 0 aliphatic heterocycles. The van der Waals surface area contributed by atoms with Crippen LogP contribution in [0, 0.1) is 0 Å². The van der Waals surface area contributed by atoms with Crippen LogP contribution in [0.2, 0.25) is 10.2 Å². The van der Waals surface area contributed by atoms with E-state index < -0.39 is 6.10 Å². The van der Waals surface area contributed by atoms with Crippen LogP contribution in [-0.2, 0) is 11.3 Å². The van der Waals surface area contributed by atoms with Crippen LogP contribution in [0.1, 0.15) is 12.5 Å². The van der Waals surface area contributed by atoms with Crippen molar-refractivity contribution in [2.24, 2.45) is 0 Å². The smallest absolute Gasteiger partial charge is 0.400 e. The van der Waals surface area contributed by atoms with E-state index >= 15 is 0 Å². The number of nitrogens with one attached hydrogen (secondary N) is 1. The lowest BCUT2D eigenvalue weighted by Gasteiger charge is -2.15. The number of carbonyl (C=O) groups excluding carboxylic acids is 1. The third-order valence-corrected chi connectivity index (χ3v) is 4.76. The van der Waals surface area contributed by atoms with E-state index in [0.29, 0.717) is 39.3 Å². The molecule has 0 aliphatic carbocycles. The summed E-state index contributed by atoms with van der Waals surface area (Å²) < 4.78 is 16.9. The Bertz CT molecular complexity index is 1190. The number of hydrogen-bond donors (Lipinski definition) is 1. The molecule has 1 atom stereocenters. The normalized spacial score (nSPS) is 11.8. The number of aromatic nitrogens is 2. The molecule has 1 amide bonds. The first-order valence-electron chi connectivity index (χ1n) is 9.35. The Morgan fingerprint density at radius 2 is 1.87 bits per heavy atom. The van der Waals surface area contributed by atoms with E-state index in [9.17, 15) is 4.79 Å². The standard InChI is InChI=1S/C22H17Cl2N3O4/c1-13(21(28)26-12-14-2-9-20(24)25-11-14)29-16-4-6-17(7-5-16)30-22-27-18-8-3-15(23)10-19(18)31-22/h2-11,13H,12H2,1H3,(H,26,28)/t13-/m1/s1. The number of halogens is 2. The monoisotopic (exact) mass is 457 g/mol. The van der Waals surface area contributed by atoms with E-state index in [1.54, 1.807) is 67.7 Å². The third-order valence-electron chi connectivity index (χ3n) is 4.30. The van der Waals surface area contributed by atoms with Gasteiger partial charge in [-0.1, -0.05) is 29.3 Å². The quantitative estimate of drug-likeness (QED) is 0.373. The molecule has 0 bridgehead atoms. The number of hydrogen-bond acceptors (Lipinski definition) is 6. The Hall–Kier alpha value is -3.29. The van der Waals surface area contributed by atoms with Crippen molar-refractivity contribution in [3.8, 4) is 17.6 Å². The molecule has 2 aromatic carbocycles. The summed E-state index contributed by atoms with van der Waals surface area (Å²) in [5.74, 6) is 0.783. The minimum absolute atomic E-state index is 0.107. The molecular formula is C22H17Cl2N3O4. The van der Waals surface area contributed by atoms with Gasteiger partial charge >= 0.3 is 6.08 Å². The number of oxazole rings is 1. The summed E-state index contributed by atoms with van der Waals surface area (Å²) in [7, 11) is 0. The third kappa shape index (κ3) is 5.45. The van der Waals surface area contributed by atoms with Gasteiger partial charge in [0.25, 0.3) is 5.91 Å². The highest BCUT2D eigenvalue weighted by Crippen LogP contribution is 2.28. The number of amides is 1. The molecule has 1 N–H and O–H groups in total. The topological polar surface area (TPSA) is 86.5 Å². The van der Waals surface area contributed by atoms with E-state index in [0.717, 1.165) is 5.56 Å². The second-order valence-electron chi connectivity index (χ2n) is 6.63. The largest absolute Gasteiger partial charge is 0.481 e. The number of rotatable bonds is 7. The van der Waals surface area contributed by atoms with Crippen molar-refractivity contribution in [2.75, 3.05) is 0 Å². The Morgan fingerprint density at radius 3 is 2.61 bits per heavy atom. The minimum Gasteiger partial charge on any atom is -0.481 e. The van der Waals surface area contributed by atoms with Crippen molar-refractivity contribution in [1.29, 1.82) is 0 Å². The van der Waals surface area contributed by atoms with E-state index in [1.807, 2.05) is 0 Å². The number of carbonyl (C=O) groups is 1. The molecule has 0 aliphatic rings. The van der Waals surface area contributed by atoms with Gasteiger partial charge < -0.3 is 19.2 Å². The number of nitrogens with zero attached hydrogens (tertiary/aromatic N) is 2. The molecule has 158 valence electrons. The van der Waals surface area contributed by atoms with Crippen LogP contribution in [0.3, 0.4) is 0 Å². The van der Waals surface area contributed by atoms with Crippen molar-refractivity contribution >= 4 is 40.2 Å². The molecule has 31 heavy (non-hydrogen) atoms. The summed E-state index contributed by atoms with van der Waals surface area (Å²) in [5.41, 5.74) is 2.03. The second-order valence-corrected chi connectivity index (χ2v) is 7.46. The van der Waals surface area contributed by atoms with Crippen molar-refractivity contribution in [1.82, 2.24) is 15.3 Å². The molecule has 0 saturated heterocycles. The van der Waals surface area contributed by atoms with Gasteiger partial charge in [0.1, 0.15) is 22.2 Å². The highest BCUT2D eigenvalue weighted by molar-refractivity contribution is 6.31. The number of ether oxygens (including phenoxy) is 2. The van der Waals surface area contributed by atoms with Gasteiger partial charge in [0, 0.05) is 23.8 Å². The van der Waals surface area contributed by atoms with E-state index in [2.05, 4.69) is 15.3 Å². The zero-order chi connectivity index (χ0) is 21.8. The van der Waals surface area contributed by atoms with Gasteiger partial charge in [-0.05, 0) is 55.0 Å². The highest BCUT2D eigenvalue weighted by atomic mass is 35.5. The minimum atomic E-state index is -0.686. The average molecular weight is 458 g/mol. The van der Waals surface area contributed by atoms with Gasteiger partial charge in [-0.15, -0.1) is 0 Å². The van der Waals surface area contributed by atoms with Crippen molar-refractivity contribution < 1.29 is 18.7 Å². The van der Waals surface area contributed by atoms with Crippen LogP contribution in [0.15, 0.2) is 65.2 Å². The zero-order valence-corrected chi connectivity index (χ0v) is 17.9. The lowest BCUT2D eigenvalue weighted by atomic mass is 10.2. The molecule has 0 saturated carbocycles. The van der Waals surface area contributed by atoms with E-state index in [-0.39, 0.29) is 12.0 Å². The maximum Gasteiger partial charge on any atom is 0.400 e. The molecule has 0 fully saturated rings. The predicted octanol–water partition coefficient (Wildman–Crippen LogP) is 5.41. The Balaban J connectivity index is 1.31. The first kappa shape index (κ1) is 21.0. The predicted molar refractivity (Wildman–Crippen MR) is 117 cm³/mol. The molecular weight excluding hydrogens is 441 g/mol. The number of fused-ring (bicyclic) bond motifs is 1. The van der Waals surface area contributed by atoms with Crippen LogP contribution in [0.5, 0.6) is 17.6 Å². The molecule has 4 rings (SSSR count).